The molecule has 0 fully saturated rings. The number of aryl methyl sites for hydroxylation is 1. The van der Waals surface area contributed by atoms with Crippen LogP contribution in [0, 0.1) is 6.92 Å². The van der Waals surface area contributed by atoms with E-state index < -0.39 is 0 Å². The number of methoxy groups -OCH3 is 1. The largest absolute Gasteiger partial charge is 0.496 e. The van der Waals surface area contributed by atoms with Gasteiger partial charge in [0, 0.05) is 17.3 Å². The summed E-state index contributed by atoms with van der Waals surface area (Å²) in [6, 6.07) is 15.7. The number of pyridine rings is 1. The molecule has 7 nitrogen and oxygen atoms in total. The number of amides is 1. The number of nitrogens with zero attached hydrogens (tertiary/aromatic N) is 3. The molecule has 0 saturated carbocycles. The van der Waals surface area contributed by atoms with Gasteiger partial charge in [-0.25, -0.2) is 9.67 Å². The number of rotatable bonds is 5. The number of aromatic nitrogens is 3. The van der Waals surface area contributed by atoms with E-state index in [9.17, 15) is 9.59 Å². The fourth-order valence-corrected chi connectivity index (χ4v) is 2.49. The van der Waals surface area contributed by atoms with Gasteiger partial charge in [-0.1, -0.05) is 18.2 Å². The van der Waals surface area contributed by atoms with Gasteiger partial charge in [0.15, 0.2) is 0 Å². The molecule has 132 valence electrons. The molecule has 0 saturated heterocycles. The van der Waals surface area contributed by atoms with Gasteiger partial charge in [-0.2, -0.15) is 5.10 Å². The lowest BCUT2D eigenvalue weighted by Crippen LogP contribution is -2.29. The summed E-state index contributed by atoms with van der Waals surface area (Å²) in [6.45, 7) is 1.62. The van der Waals surface area contributed by atoms with Crippen molar-refractivity contribution in [1.82, 2.24) is 14.8 Å². The van der Waals surface area contributed by atoms with Crippen molar-refractivity contribution in [2.45, 2.75) is 13.5 Å². The SMILES string of the molecule is COc1ccccc1-c1ccc(=O)n(CC(=O)Nc2cccc(C)n2)n1. The topological polar surface area (TPSA) is 86.1 Å². The Kier molecular flexibility index (Phi) is 5.07. The molecule has 0 aliphatic heterocycles. The highest BCUT2D eigenvalue weighted by molar-refractivity contribution is 5.89. The van der Waals surface area contributed by atoms with Crippen molar-refractivity contribution < 1.29 is 9.53 Å². The maximum atomic E-state index is 12.2. The van der Waals surface area contributed by atoms with Gasteiger partial charge in [0.05, 0.1) is 12.8 Å². The number of para-hydroxylation sites is 1. The number of ether oxygens (including phenoxy) is 1. The van der Waals surface area contributed by atoms with Gasteiger partial charge in [0.2, 0.25) is 5.91 Å². The van der Waals surface area contributed by atoms with Crippen LogP contribution < -0.4 is 15.6 Å². The van der Waals surface area contributed by atoms with Crippen LogP contribution in [-0.4, -0.2) is 27.8 Å². The second-order valence-corrected chi connectivity index (χ2v) is 5.63. The Bertz CT molecular complexity index is 998. The van der Waals surface area contributed by atoms with Gasteiger partial charge in [0.25, 0.3) is 5.56 Å². The normalized spacial score (nSPS) is 10.4. The number of nitrogens with one attached hydrogen (secondary N) is 1. The Morgan fingerprint density at radius 2 is 1.92 bits per heavy atom. The summed E-state index contributed by atoms with van der Waals surface area (Å²) in [4.78, 5) is 28.5. The molecule has 0 aliphatic carbocycles. The molecular weight excluding hydrogens is 332 g/mol. The Hall–Kier alpha value is -3.48. The van der Waals surface area contributed by atoms with Gasteiger partial charge < -0.3 is 10.1 Å². The maximum absolute atomic E-state index is 12.2. The minimum absolute atomic E-state index is 0.211. The van der Waals surface area contributed by atoms with Gasteiger partial charge in [0.1, 0.15) is 18.1 Å². The highest BCUT2D eigenvalue weighted by Crippen LogP contribution is 2.27. The number of carbonyl (C=O) groups is 1. The molecule has 26 heavy (non-hydrogen) atoms. The van der Waals surface area contributed by atoms with E-state index in [0.29, 0.717) is 17.3 Å². The average Bonchev–Trinajstić information content (AvgIpc) is 2.63. The van der Waals surface area contributed by atoms with Crippen molar-refractivity contribution in [3.05, 3.63) is 70.6 Å². The number of benzene rings is 1. The fourth-order valence-electron chi connectivity index (χ4n) is 2.49. The maximum Gasteiger partial charge on any atom is 0.267 e. The van der Waals surface area contributed by atoms with Crippen LogP contribution in [0.3, 0.4) is 0 Å². The average molecular weight is 350 g/mol. The van der Waals surface area contributed by atoms with E-state index in [-0.39, 0.29) is 18.0 Å². The van der Waals surface area contributed by atoms with Crippen LogP contribution in [-0.2, 0) is 11.3 Å². The third kappa shape index (κ3) is 3.94. The molecule has 1 amide bonds. The van der Waals surface area contributed by atoms with Crippen LogP contribution >= 0.6 is 0 Å². The molecule has 0 unspecified atom stereocenters. The summed E-state index contributed by atoms with van der Waals surface area (Å²) < 4.78 is 6.44. The van der Waals surface area contributed by atoms with Gasteiger partial charge in [-0.05, 0) is 37.3 Å². The summed E-state index contributed by atoms with van der Waals surface area (Å²) in [5, 5.41) is 6.96. The van der Waals surface area contributed by atoms with Crippen molar-refractivity contribution in [1.29, 1.82) is 0 Å². The Balaban J connectivity index is 1.84. The number of anilines is 1. The Morgan fingerprint density at radius 1 is 1.12 bits per heavy atom. The minimum atomic E-state index is -0.380. The van der Waals surface area contributed by atoms with Gasteiger partial charge >= 0.3 is 0 Å². The summed E-state index contributed by atoms with van der Waals surface area (Å²) in [5.41, 5.74) is 1.71. The van der Waals surface area contributed by atoms with Crippen molar-refractivity contribution in [2.75, 3.05) is 12.4 Å². The Morgan fingerprint density at radius 3 is 2.69 bits per heavy atom. The molecule has 1 N–H and O–H groups in total. The lowest BCUT2D eigenvalue weighted by molar-refractivity contribution is -0.117. The molecule has 0 atom stereocenters. The summed E-state index contributed by atoms with van der Waals surface area (Å²) >= 11 is 0. The highest BCUT2D eigenvalue weighted by Gasteiger charge is 2.11. The molecule has 0 bridgehead atoms. The van der Waals surface area contributed by atoms with Crippen LogP contribution in [0.5, 0.6) is 5.75 Å². The van der Waals surface area contributed by atoms with Crippen molar-refractivity contribution in [2.24, 2.45) is 0 Å². The molecule has 0 aliphatic rings. The summed E-state index contributed by atoms with van der Waals surface area (Å²) in [7, 11) is 1.57. The smallest absolute Gasteiger partial charge is 0.267 e. The van der Waals surface area contributed by atoms with Crippen molar-refractivity contribution in [3.8, 4) is 17.0 Å². The first-order valence-corrected chi connectivity index (χ1v) is 8.02. The molecular formula is C19H18N4O3. The molecule has 1 aromatic carbocycles. The van der Waals surface area contributed by atoms with Crippen LogP contribution in [0.1, 0.15) is 5.69 Å². The van der Waals surface area contributed by atoms with Crippen molar-refractivity contribution >= 4 is 11.7 Å². The van der Waals surface area contributed by atoms with E-state index in [1.807, 2.05) is 37.3 Å². The quantitative estimate of drug-likeness (QED) is 0.763. The summed E-state index contributed by atoms with van der Waals surface area (Å²) in [6.07, 6.45) is 0. The van der Waals surface area contributed by atoms with E-state index in [2.05, 4.69) is 15.4 Å². The van der Waals surface area contributed by atoms with E-state index in [0.717, 1.165) is 15.9 Å². The molecule has 3 rings (SSSR count). The zero-order chi connectivity index (χ0) is 18.5. The lowest BCUT2D eigenvalue weighted by atomic mass is 10.1. The monoisotopic (exact) mass is 350 g/mol. The van der Waals surface area contributed by atoms with Crippen LogP contribution in [0.15, 0.2) is 59.4 Å². The molecule has 7 heteroatoms. The number of hydrogen-bond donors (Lipinski definition) is 1. The second-order valence-electron chi connectivity index (χ2n) is 5.63. The highest BCUT2D eigenvalue weighted by atomic mass is 16.5. The first kappa shape index (κ1) is 17.3. The van der Waals surface area contributed by atoms with Gasteiger partial charge in [-0.3, -0.25) is 9.59 Å². The Labute approximate surface area is 150 Å². The van der Waals surface area contributed by atoms with Crippen LogP contribution in [0.4, 0.5) is 5.82 Å². The molecule has 2 aromatic heterocycles. The summed E-state index contributed by atoms with van der Waals surface area (Å²) in [5.74, 6) is 0.692. The zero-order valence-electron chi connectivity index (χ0n) is 14.5. The minimum Gasteiger partial charge on any atom is -0.496 e. The molecule has 0 radical (unpaired) electrons. The molecule has 0 spiro atoms. The molecule has 2 heterocycles. The van der Waals surface area contributed by atoms with E-state index in [1.54, 1.807) is 25.3 Å². The van der Waals surface area contributed by atoms with Crippen molar-refractivity contribution in [3.63, 3.8) is 0 Å². The first-order chi connectivity index (χ1) is 12.6. The third-order valence-electron chi connectivity index (χ3n) is 3.70. The van der Waals surface area contributed by atoms with Crippen LogP contribution in [0.2, 0.25) is 0 Å². The number of carbonyl (C=O) groups excluding carboxylic acids is 1. The standard InChI is InChI=1S/C19H18N4O3/c1-13-6-5-9-17(20-13)21-18(24)12-23-19(25)11-10-15(22-23)14-7-3-4-8-16(14)26-2/h3-11H,12H2,1-2H3,(H,20,21,24). The fraction of sp³-hybridized carbons (Fsp3) is 0.158. The van der Waals surface area contributed by atoms with Gasteiger partial charge in [-0.15, -0.1) is 0 Å². The number of hydrogen-bond acceptors (Lipinski definition) is 5. The predicted octanol–water partition coefficient (Wildman–Crippen LogP) is 2.26. The first-order valence-electron chi connectivity index (χ1n) is 8.02. The lowest BCUT2D eigenvalue weighted by Gasteiger charge is -2.10. The van der Waals surface area contributed by atoms with E-state index in [4.69, 9.17) is 4.74 Å². The molecule has 3 aromatic rings. The van der Waals surface area contributed by atoms with Crippen LogP contribution in [0.25, 0.3) is 11.3 Å². The van der Waals surface area contributed by atoms with E-state index in [1.165, 1.54) is 6.07 Å². The third-order valence-corrected chi connectivity index (χ3v) is 3.70. The second kappa shape index (κ2) is 7.60. The zero-order valence-corrected chi connectivity index (χ0v) is 14.5. The van der Waals surface area contributed by atoms with E-state index >= 15 is 0 Å². The predicted molar refractivity (Wildman–Crippen MR) is 98.1 cm³/mol.